The maximum Gasteiger partial charge on any atom is 0.255 e. The van der Waals surface area contributed by atoms with E-state index < -0.39 is 5.82 Å². The summed E-state index contributed by atoms with van der Waals surface area (Å²) >= 11 is 3.17. The summed E-state index contributed by atoms with van der Waals surface area (Å²) in [4.78, 5) is 19.1. The van der Waals surface area contributed by atoms with Crippen molar-refractivity contribution in [2.45, 2.75) is 0 Å². The van der Waals surface area contributed by atoms with Crippen molar-refractivity contribution in [1.29, 1.82) is 0 Å². The zero-order valence-corrected chi connectivity index (χ0v) is 11.7. The van der Waals surface area contributed by atoms with E-state index in [2.05, 4.69) is 31.2 Å². The van der Waals surface area contributed by atoms with Gasteiger partial charge in [-0.2, -0.15) is 0 Å². The Hall–Kier alpha value is -2.21. The Labute approximate surface area is 122 Å². The van der Waals surface area contributed by atoms with E-state index in [0.29, 0.717) is 10.0 Å². The van der Waals surface area contributed by atoms with Crippen molar-refractivity contribution < 1.29 is 9.18 Å². The molecule has 0 spiro atoms. The number of aromatic nitrogens is 2. The highest BCUT2D eigenvalue weighted by Crippen LogP contribution is 2.20. The number of anilines is 1. The summed E-state index contributed by atoms with van der Waals surface area (Å²) in [6, 6.07) is 9.53. The first-order chi connectivity index (χ1) is 9.63. The second kappa shape index (κ2) is 5.05. The van der Waals surface area contributed by atoms with Crippen molar-refractivity contribution in [2.75, 3.05) is 5.32 Å². The average Bonchev–Trinajstić information content (AvgIpc) is 2.89. The van der Waals surface area contributed by atoms with E-state index in [1.54, 1.807) is 30.6 Å². The summed E-state index contributed by atoms with van der Waals surface area (Å²) in [7, 11) is 0. The molecule has 3 aromatic rings. The molecule has 1 amide bonds. The molecule has 0 saturated heterocycles. The molecule has 20 heavy (non-hydrogen) atoms. The van der Waals surface area contributed by atoms with E-state index in [1.165, 1.54) is 12.1 Å². The normalized spacial score (nSPS) is 10.7. The number of nitrogens with one attached hydrogen (secondary N) is 2. The lowest BCUT2D eigenvalue weighted by Gasteiger charge is -2.06. The molecule has 2 N–H and O–H groups in total. The molecule has 0 aliphatic heterocycles. The molecule has 3 rings (SSSR count). The third kappa shape index (κ3) is 2.42. The fourth-order valence-electron chi connectivity index (χ4n) is 1.86. The van der Waals surface area contributed by atoms with Crippen LogP contribution in [0, 0.1) is 5.82 Å². The van der Waals surface area contributed by atoms with Gasteiger partial charge in [0.2, 0.25) is 0 Å². The number of hydrogen-bond donors (Lipinski definition) is 2. The number of amides is 1. The molecule has 1 aromatic heterocycles. The third-order valence-corrected chi connectivity index (χ3v) is 3.36. The lowest BCUT2D eigenvalue weighted by atomic mass is 10.2. The largest absolute Gasteiger partial charge is 0.345 e. The Bertz CT molecular complexity index is 800. The van der Waals surface area contributed by atoms with Crippen LogP contribution in [0.5, 0.6) is 0 Å². The summed E-state index contributed by atoms with van der Waals surface area (Å²) in [5.41, 5.74) is 2.11. The van der Waals surface area contributed by atoms with E-state index in [9.17, 15) is 9.18 Å². The van der Waals surface area contributed by atoms with Crippen LogP contribution < -0.4 is 5.32 Å². The van der Waals surface area contributed by atoms with Gasteiger partial charge >= 0.3 is 0 Å². The number of carbonyl (C=O) groups is 1. The van der Waals surface area contributed by atoms with Gasteiger partial charge in [-0.05, 0) is 36.4 Å². The summed E-state index contributed by atoms with van der Waals surface area (Å²) in [6.07, 6.45) is 1.56. The summed E-state index contributed by atoms with van der Waals surface area (Å²) < 4.78 is 14.3. The predicted octanol–water partition coefficient (Wildman–Crippen LogP) is 3.72. The van der Waals surface area contributed by atoms with Crippen molar-refractivity contribution in [3.05, 3.63) is 58.6 Å². The smallest absolute Gasteiger partial charge is 0.255 e. The summed E-state index contributed by atoms with van der Waals surface area (Å²) in [5.74, 6) is -0.863. The number of hydrogen-bond acceptors (Lipinski definition) is 2. The molecule has 0 radical (unpaired) electrons. The number of rotatable bonds is 2. The van der Waals surface area contributed by atoms with Crippen LogP contribution >= 0.6 is 15.9 Å². The Morgan fingerprint density at radius 2 is 2.10 bits per heavy atom. The Balaban J connectivity index is 1.88. The quantitative estimate of drug-likeness (QED) is 0.750. The van der Waals surface area contributed by atoms with Gasteiger partial charge in [0.05, 0.1) is 23.0 Å². The molecule has 6 heteroatoms. The zero-order chi connectivity index (χ0) is 14.1. The van der Waals surface area contributed by atoms with Crippen LogP contribution in [0.25, 0.3) is 11.0 Å². The lowest BCUT2D eigenvalue weighted by molar-refractivity contribution is 0.102. The van der Waals surface area contributed by atoms with E-state index in [0.717, 1.165) is 11.0 Å². The highest BCUT2D eigenvalue weighted by molar-refractivity contribution is 9.10. The fourth-order valence-corrected chi connectivity index (χ4v) is 2.20. The van der Waals surface area contributed by atoms with E-state index >= 15 is 0 Å². The van der Waals surface area contributed by atoms with Gasteiger partial charge in [0.15, 0.2) is 0 Å². The predicted molar refractivity (Wildman–Crippen MR) is 78.1 cm³/mol. The van der Waals surface area contributed by atoms with Crippen LogP contribution in [0.3, 0.4) is 0 Å². The minimum atomic E-state index is -0.490. The van der Waals surface area contributed by atoms with Gasteiger partial charge in [-0.1, -0.05) is 15.9 Å². The summed E-state index contributed by atoms with van der Waals surface area (Å²) in [6.45, 7) is 0. The molecule has 0 unspecified atom stereocenters. The molecule has 4 nitrogen and oxygen atoms in total. The Morgan fingerprint density at radius 1 is 1.25 bits per heavy atom. The molecule has 0 bridgehead atoms. The molecule has 100 valence electrons. The van der Waals surface area contributed by atoms with Gasteiger partial charge in [0.25, 0.3) is 5.91 Å². The Morgan fingerprint density at radius 3 is 2.90 bits per heavy atom. The summed E-state index contributed by atoms with van der Waals surface area (Å²) in [5, 5.41) is 2.54. The standard InChI is InChI=1S/C14H9BrFN3O/c15-9-2-4-11(10(16)6-9)19-14(20)8-1-3-12-13(5-8)18-7-17-12/h1-7H,(H,17,18)(H,19,20). The molecular weight excluding hydrogens is 325 g/mol. The van der Waals surface area contributed by atoms with Crippen molar-refractivity contribution in [1.82, 2.24) is 9.97 Å². The van der Waals surface area contributed by atoms with Gasteiger partial charge in [-0.3, -0.25) is 4.79 Å². The number of nitrogens with zero attached hydrogens (tertiary/aromatic N) is 1. The van der Waals surface area contributed by atoms with Crippen molar-refractivity contribution >= 4 is 38.6 Å². The van der Waals surface area contributed by atoms with Crippen LogP contribution in [-0.4, -0.2) is 15.9 Å². The maximum atomic E-state index is 13.7. The molecule has 1 heterocycles. The second-order valence-electron chi connectivity index (χ2n) is 4.21. The van der Waals surface area contributed by atoms with E-state index in [1.807, 2.05) is 0 Å². The molecule has 2 aromatic carbocycles. The third-order valence-electron chi connectivity index (χ3n) is 2.86. The first-order valence-electron chi connectivity index (χ1n) is 5.83. The minimum absolute atomic E-state index is 0.142. The molecule has 0 atom stereocenters. The van der Waals surface area contributed by atoms with Crippen LogP contribution in [0.2, 0.25) is 0 Å². The first-order valence-corrected chi connectivity index (χ1v) is 6.62. The van der Waals surface area contributed by atoms with Crippen LogP contribution in [0.4, 0.5) is 10.1 Å². The molecule has 0 fully saturated rings. The second-order valence-corrected chi connectivity index (χ2v) is 5.13. The molecule has 0 aliphatic carbocycles. The number of fused-ring (bicyclic) bond motifs is 1. The zero-order valence-electron chi connectivity index (χ0n) is 10.2. The SMILES string of the molecule is O=C(Nc1ccc(Br)cc1F)c1ccc2nc[nH]c2c1. The van der Waals surface area contributed by atoms with Crippen molar-refractivity contribution in [3.8, 4) is 0 Å². The van der Waals surface area contributed by atoms with Gasteiger partial charge in [-0.15, -0.1) is 0 Å². The number of aromatic amines is 1. The van der Waals surface area contributed by atoms with Crippen molar-refractivity contribution in [2.24, 2.45) is 0 Å². The topological polar surface area (TPSA) is 57.8 Å². The Kier molecular flexibility index (Phi) is 3.23. The van der Waals surface area contributed by atoms with Crippen LogP contribution in [0.15, 0.2) is 47.2 Å². The van der Waals surface area contributed by atoms with E-state index in [-0.39, 0.29) is 11.6 Å². The number of H-pyrrole nitrogens is 1. The number of carbonyl (C=O) groups excluding carboxylic acids is 1. The molecule has 0 aliphatic rings. The molecule has 0 saturated carbocycles. The van der Waals surface area contributed by atoms with Gasteiger partial charge < -0.3 is 10.3 Å². The number of benzene rings is 2. The van der Waals surface area contributed by atoms with Crippen LogP contribution in [0.1, 0.15) is 10.4 Å². The fraction of sp³-hybridized carbons (Fsp3) is 0. The van der Waals surface area contributed by atoms with Crippen molar-refractivity contribution in [3.63, 3.8) is 0 Å². The molecular formula is C14H9BrFN3O. The highest BCUT2D eigenvalue weighted by Gasteiger charge is 2.10. The average molecular weight is 334 g/mol. The number of halogens is 2. The van der Waals surface area contributed by atoms with Gasteiger partial charge in [0, 0.05) is 10.0 Å². The maximum absolute atomic E-state index is 13.7. The van der Waals surface area contributed by atoms with Gasteiger partial charge in [-0.25, -0.2) is 9.37 Å². The first kappa shape index (κ1) is 12.8. The highest BCUT2D eigenvalue weighted by atomic mass is 79.9. The number of imidazole rings is 1. The van der Waals surface area contributed by atoms with E-state index in [4.69, 9.17) is 0 Å². The monoisotopic (exact) mass is 333 g/mol. The van der Waals surface area contributed by atoms with Crippen LogP contribution in [-0.2, 0) is 0 Å². The minimum Gasteiger partial charge on any atom is -0.345 e. The van der Waals surface area contributed by atoms with Gasteiger partial charge in [0.1, 0.15) is 5.82 Å². The lowest BCUT2D eigenvalue weighted by Crippen LogP contribution is -2.12.